The third-order valence-electron chi connectivity index (χ3n) is 3.25. The van der Waals surface area contributed by atoms with Gasteiger partial charge in [-0.1, -0.05) is 18.2 Å². The van der Waals surface area contributed by atoms with Gasteiger partial charge in [0.2, 0.25) is 0 Å². The molecule has 0 fully saturated rings. The summed E-state index contributed by atoms with van der Waals surface area (Å²) in [7, 11) is 0. The highest BCUT2D eigenvalue weighted by Gasteiger charge is 2.12. The van der Waals surface area contributed by atoms with Gasteiger partial charge in [-0.05, 0) is 47.2 Å². The minimum absolute atomic E-state index is 0.0123. The molecule has 4 heteroatoms. The molecular formula is C16H15NOS2. The van der Waals surface area contributed by atoms with Crippen LogP contribution in [0.25, 0.3) is 10.1 Å². The first-order valence-electron chi connectivity index (χ1n) is 6.52. The number of carbonyl (C=O) groups excluding carboxylic acids is 1. The van der Waals surface area contributed by atoms with Crippen LogP contribution in [0.5, 0.6) is 0 Å². The number of hydrogen-bond donors (Lipinski definition) is 1. The Kier molecular flexibility index (Phi) is 3.85. The Hall–Kier alpha value is -1.65. The summed E-state index contributed by atoms with van der Waals surface area (Å²) in [4.78, 5) is 12.0. The summed E-state index contributed by atoms with van der Waals surface area (Å²) in [6.45, 7) is 2.05. The van der Waals surface area contributed by atoms with Crippen LogP contribution in [-0.4, -0.2) is 11.9 Å². The summed E-state index contributed by atoms with van der Waals surface area (Å²) < 4.78 is 1.30. The van der Waals surface area contributed by atoms with Crippen molar-refractivity contribution in [2.24, 2.45) is 0 Å². The highest BCUT2D eigenvalue weighted by Crippen LogP contribution is 2.26. The van der Waals surface area contributed by atoms with E-state index in [0.29, 0.717) is 0 Å². The van der Waals surface area contributed by atoms with Crippen molar-refractivity contribution in [3.05, 3.63) is 57.6 Å². The second-order valence-corrected chi connectivity index (χ2v) is 6.54. The standard InChI is InChI=1S/C16H15NOS2/c1-11(17-16(18)12-6-7-19-9-12)8-13-10-20-15-5-3-2-4-14(13)15/h2-7,9-11H,8H2,1H3,(H,17,18)/t11-/m0/s1. The number of hydrogen-bond acceptors (Lipinski definition) is 3. The van der Waals surface area contributed by atoms with Crippen LogP contribution in [-0.2, 0) is 6.42 Å². The number of amides is 1. The molecule has 0 aliphatic carbocycles. The summed E-state index contributed by atoms with van der Waals surface area (Å²) in [5.41, 5.74) is 2.06. The average Bonchev–Trinajstić information content (AvgIpc) is 3.09. The Morgan fingerprint density at radius 3 is 2.90 bits per heavy atom. The van der Waals surface area contributed by atoms with Gasteiger partial charge in [0.25, 0.3) is 5.91 Å². The lowest BCUT2D eigenvalue weighted by Gasteiger charge is -2.13. The first-order chi connectivity index (χ1) is 9.74. The van der Waals surface area contributed by atoms with E-state index in [4.69, 9.17) is 0 Å². The molecule has 1 atom stereocenters. The predicted molar refractivity (Wildman–Crippen MR) is 86.8 cm³/mol. The van der Waals surface area contributed by atoms with E-state index < -0.39 is 0 Å². The quantitative estimate of drug-likeness (QED) is 0.764. The molecule has 2 nitrogen and oxygen atoms in total. The fourth-order valence-corrected chi connectivity index (χ4v) is 3.88. The van der Waals surface area contributed by atoms with Crippen molar-refractivity contribution in [2.75, 3.05) is 0 Å². The van der Waals surface area contributed by atoms with Crippen LogP contribution >= 0.6 is 22.7 Å². The van der Waals surface area contributed by atoms with Gasteiger partial charge in [-0.25, -0.2) is 0 Å². The number of rotatable bonds is 4. The highest BCUT2D eigenvalue weighted by molar-refractivity contribution is 7.17. The van der Waals surface area contributed by atoms with Crippen molar-refractivity contribution in [3.63, 3.8) is 0 Å². The Balaban J connectivity index is 1.70. The minimum atomic E-state index is 0.0123. The number of nitrogens with one attached hydrogen (secondary N) is 1. The van der Waals surface area contributed by atoms with Gasteiger partial charge in [0.05, 0.1) is 0 Å². The van der Waals surface area contributed by atoms with Gasteiger partial charge < -0.3 is 5.32 Å². The summed E-state index contributed by atoms with van der Waals surface area (Å²) in [5.74, 6) is 0.0123. The minimum Gasteiger partial charge on any atom is -0.349 e. The van der Waals surface area contributed by atoms with Crippen LogP contribution in [0.2, 0.25) is 0 Å². The molecule has 0 spiro atoms. The summed E-state index contributed by atoms with van der Waals surface area (Å²) in [6.07, 6.45) is 0.861. The Bertz CT molecular complexity index is 715. The van der Waals surface area contributed by atoms with Crippen LogP contribution in [0.1, 0.15) is 22.8 Å². The molecule has 1 amide bonds. The zero-order valence-electron chi connectivity index (χ0n) is 11.1. The normalized spacial score (nSPS) is 12.4. The smallest absolute Gasteiger partial charge is 0.252 e. The first kappa shape index (κ1) is 13.3. The monoisotopic (exact) mass is 301 g/mol. The maximum atomic E-state index is 12.0. The largest absolute Gasteiger partial charge is 0.349 e. The number of benzene rings is 1. The fraction of sp³-hybridized carbons (Fsp3) is 0.188. The third-order valence-corrected chi connectivity index (χ3v) is 4.94. The van der Waals surface area contributed by atoms with E-state index in [0.717, 1.165) is 12.0 Å². The average molecular weight is 301 g/mol. The highest BCUT2D eigenvalue weighted by atomic mass is 32.1. The van der Waals surface area contributed by atoms with Crippen LogP contribution in [0.4, 0.5) is 0 Å². The maximum absolute atomic E-state index is 12.0. The number of thiophene rings is 2. The molecule has 0 bridgehead atoms. The molecule has 0 saturated carbocycles. The summed E-state index contributed by atoms with van der Waals surface area (Å²) in [6, 6.07) is 10.4. The van der Waals surface area contributed by atoms with Gasteiger partial charge in [0.15, 0.2) is 0 Å². The lowest BCUT2D eigenvalue weighted by Crippen LogP contribution is -2.33. The van der Waals surface area contributed by atoms with E-state index in [2.05, 4.69) is 41.9 Å². The molecule has 0 aliphatic heterocycles. The van der Waals surface area contributed by atoms with Crippen molar-refractivity contribution in [3.8, 4) is 0 Å². The maximum Gasteiger partial charge on any atom is 0.252 e. The van der Waals surface area contributed by atoms with E-state index in [1.807, 2.05) is 16.8 Å². The molecule has 102 valence electrons. The van der Waals surface area contributed by atoms with Gasteiger partial charge in [0, 0.05) is 21.7 Å². The van der Waals surface area contributed by atoms with Crippen molar-refractivity contribution in [1.29, 1.82) is 0 Å². The predicted octanol–water partition coefficient (Wildman–Crippen LogP) is 4.32. The summed E-state index contributed by atoms with van der Waals surface area (Å²) >= 11 is 3.30. The molecule has 0 radical (unpaired) electrons. The fourth-order valence-electron chi connectivity index (χ4n) is 2.27. The molecule has 2 heterocycles. The number of carbonyl (C=O) groups is 1. The topological polar surface area (TPSA) is 29.1 Å². The van der Waals surface area contributed by atoms with E-state index in [1.165, 1.54) is 15.6 Å². The molecule has 20 heavy (non-hydrogen) atoms. The second-order valence-electron chi connectivity index (χ2n) is 4.85. The van der Waals surface area contributed by atoms with Crippen LogP contribution in [0, 0.1) is 0 Å². The Morgan fingerprint density at radius 1 is 1.25 bits per heavy atom. The molecule has 2 aromatic heterocycles. The van der Waals surface area contributed by atoms with Gasteiger partial charge in [-0.2, -0.15) is 11.3 Å². The molecule has 0 unspecified atom stereocenters. The van der Waals surface area contributed by atoms with E-state index >= 15 is 0 Å². The van der Waals surface area contributed by atoms with Crippen molar-refractivity contribution in [2.45, 2.75) is 19.4 Å². The third kappa shape index (κ3) is 2.76. The second kappa shape index (κ2) is 5.77. The van der Waals surface area contributed by atoms with Crippen LogP contribution in [0.3, 0.4) is 0 Å². The Morgan fingerprint density at radius 2 is 2.10 bits per heavy atom. The molecule has 0 saturated heterocycles. The molecule has 3 rings (SSSR count). The van der Waals surface area contributed by atoms with Crippen molar-refractivity contribution in [1.82, 2.24) is 5.32 Å². The Labute approximate surface area is 126 Å². The molecule has 1 N–H and O–H groups in total. The van der Waals surface area contributed by atoms with Crippen LogP contribution < -0.4 is 5.32 Å². The van der Waals surface area contributed by atoms with Crippen molar-refractivity contribution < 1.29 is 4.79 Å². The molecule has 3 aromatic rings. The first-order valence-corrected chi connectivity index (χ1v) is 8.34. The van der Waals surface area contributed by atoms with Crippen molar-refractivity contribution >= 4 is 38.7 Å². The lowest BCUT2D eigenvalue weighted by atomic mass is 10.1. The van der Waals surface area contributed by atoms with Gasteiger partial charge >= 0.3 is 0 Å². The SMILES string of the molecule is C[C@@H](Cc1csc2ccccc12)NC(=O)c1ccsc1. The zero-order valence-corrected chi connectivity index (χ0v) is 12.8. The molecule has 1 aromatic carbocycles. The van der Waals surface area contributed by atoms with E-state index in [-0.39, 0.29) is 11.9 Å². The lowest BCUT2D eigenvalue weighted by molar-refractivity contribution is 0.0940. The van der Waals surface area contributed by atoms with E-state index in [1.54, 1.807) is 22.7 Å². The van der Waals surface area contributed by atoms with Gasteiger partial charge in [-0.3, -0.25) is 4.79 Å². The van der Waals surface area contributed by atoms with Gasteiger partial charge in [-0.15, -0.1) is 11.3 Å². The van der Waals surface area contributed by atoms with Gasteiger partial charge in [0.1, 0.15) is 0 Å². The zero-order chi connectivity index (χ0) is 13.9. The summed E-state index contributed by atoms with van der Waals surface area (Å²) in [5, 5.41) is 10.3. The van der Waals surface area contributed by atoms with Crippen LogP contribution in [0.15, 0.2) is 46.5 Å². The molecule has 0 aliphatic rings. The number of fused-ring (bicyclic) bond motifs is 1. The van der Waals surface area contributed by atoms with E-state index in [9.17, 15) is 4.79 Å². The molecular weight excluding hydrogens is 286 g/mol.